The maximum atomic E-state index is 3.57. The van der Waals surface area contributed by atoms with Gasteiger partial charge in [0.05, 0.1) is 0 Å². The molecule has 0 aliphatic rings. The predicted molar refractivity (Wildman–Crippen MR) is 55.5 cm³/mol. The fraction of sp³-hybridized carbons (Fsp3) is 1.00. The van der Waals surface area contributed by atoms with Crippen LogP contribution in [0.4, 0.5) is 0 Å². The summed E-state index contributed by atoms with van der Waals surface area (Å²) in [6, 6.07) is 0. The highest BCUT2D eigenvalue weighted by atomic mass is 15.0. The van der Waals surface area contributed by atoms with Crippen LogP contribution in [0.15, 0.2) is 0 Å². The number of hydrogen-bond acceptors (Lipinski definition) is 2. The maximum Gasteiger partial charge on any atom is 0.0300 e. The first-order chi connectivity index (χ1) is 5.74. The fourth-order valence-corrected chi connectivity index (χ4v) is 1.55. The highest BCUT2D eigenvalue weighted by Gasteiger charge is 2.23. The molecule has 0 amide bonds. The zero-order valence-corrected chi connectivity index (χ0v) is 9.04. The van der Waals surface area contributed by atoms with Gasteiger partial charge in [-0.15, -0.1) is 0 Å². The fourth-order valence-electron chi connectivity index (χ4n) is 1.55. The summed E-state index contributed by atoms with van der Waals surface area (Å²) >= 11 is 0. The molecule has 0 aliphatic carbocycles. The van der Waals surface area contributed by atoms with Crippen molar-refractivity contribution >= 4 is 0 Å². The third-order valence-corrected chi connectivity index (χ3v) is 2.62. The van der Waals surface area contributed by atoms with E-state index in [4.69, 9.17) is 0 Å². The van der Waals surface area contributed by atoms with Gasteiger partial charge in [-0.2, -0.15) is 0 Å². The summed E-state index contributed by atoms with van der Waals surface area (Å²) in [4.78, 5) is 0. The molecular formula is C10H24N2. The van der Waals surface area contributed by atoms with Crippen LogP contribution in [0.5, 0.6) is 0 Å². The summed E-state index contributed by atoms with van der Waals surface area (Å²) in [6.07, 6.45) is 2.40. The molecule has 0 saturated heterocycles. The summed E-state index contributed by atoms with van der Waals surface area (Å²) in [6.45, 7) is 12.0. The molecule has 2 heteroatoms. The minimum atomic E-state index is 0.324. The average molecular weight is 172 g/mol. The molecule has 0 aromatic carbocycles. The molecular weight excluding hydrogens is 148 g/mol. The van der Waals surface area contributed by atoms with Gasteiger partial charge in [-0.25, -0.2) is 0 Å². The monoisotopic (exact) mass is 172 g/mol. The Kier molecular flexibility index (Phi) is 6.39. The van der Waals surface area contributed by atoms with Crippen LogP contribution in [0.3, 0.4) is 0 Å². The van der Waals surface area contributed by atoms with Crippen molar-refractivity contribution in [2.24, 2.45) is 0 Å². The summed E-state index contributed by atoms with van der Waals surface area (Å²) < 4.78 is 0. The zero-order chi connectivity index (χ0) is 9.45. The van der Waals surface area contributed by atoms with Gasteiger partial charge in [-0.3, -0.25) is 0 Å². The summed E-state index contributed by atoms with van der Waals surface area (Å²) in [5.74, 6) is 0. The topological polar surface area (TPSA) is 24.1 Å². The Morgan fingerprint density at radius 2 is 1.50 bits per heavy atom. The van der Waals surface area contributed by atoms with Gasteiger partial charge in [0.1, 0.15) is 0 Å². The van der Waals surface area contributed by atoms with E-state index in [1.165, 1.54) is 12.8 Å². The minimum absolute atomic E-state index is 0.324. The third kappa shape index (κ3) is 3.55. The van der Waals surface area contributed by atoms with E-state index >= 15 is 0 Å². The summed E-state index contributed by atoms with van der Waals surface area (Å²) in [5.41, 5.74) is 0.324. The van der Waals surface area contributed by atoms with E-state index in [9.17, 15) is 0 Å². The van der Waals surface area contributed by atoms with Gasteiger partial charge in [-0.1, -0.05) is 27.7 Å². The normalized spacial score (nSPS) is 12.0. The second-order valence-corrected chi connectivity index (χ2v) is 3.30. The molecule has 0 radical (unpaired) electrons. The van der Waals surface area contributed by atoms with Crippen molar-refractivity contribution in [3.05, 3.63) is 0 Å². The lowest BCUT2D eigenvalue weighted by molar-refractivity contribution is 0.294. The van der Waals surface area contributed by atoms with Crippen molar-refractivity contribution in [1.29, 1.82) is 0 Å². The smallest absolute Gasteiger partial charge is 0.0300 e. The van der Waals surface area contributed by atoms with Gasteiger partial charge in [0.15, 0.2) is 0 Å². The SMILES string of the molecule is CCNCC(CC)(CC)NCC. The molecule has 0 aromatic heterocycles. The highest BCUT2D eigenvalue weighted by Crippen LogP contribution is 2.13. The predicted octanol–water partition coefficient (Wildman–Crippen LogP) is 1.76. The molecule has 0 fully saturated rings. The lowest BCUT2D eigenvalue weighted by atomic mass is 9.92. The van der Waals surface area contributed by atoms with Crippen molar-refractivity contribution in [3.63, 3.8) is 0 Å². The Labute approximate surface area is 77.1 Å². The maximum absolute atomic E-state index is 3.57. The second kappa shape index (κ2) is 6.44. The first-order valence-corrected chi connectivity index (χ1v) is 5.20. The standard InChI is InChI=1S/C10H24N2/c1-5-10(6-2,12-8-4)9-11-7-3/h11-12H,5-9H2,1-4H3. The first-order valence-electron chi connectivity index (χ1n) is 5.20. The molecule has 2 N–H and O–H groups in total. The zero-order valence-electron chi connectivity index (χ0n) is 9.04. The van der Waals surface area contributed by atoms with E-state index in [0.717, 1.165) is 19.6 Å². The van der Waals surface area contributed by atoms with Crippen LogP contribution in [0, 0.1) is 0 Å². The van der Waals surface area contributed by atoms with Gasteiger partial charge < -0.3 is 10.6 Å². The van der Waals surface area contributed by atoms with Crippen LogP contribution < -0.4 is 10.6 Å². The quantitative estimate of drug-likeness (QED) is 0.611. The van der Waals surface area contributed by atoms with Gasteiger partial charge in [-0.05, 0) is 25.9 Å². The van der Waals surface area contributed by atoms with E-state index in [0.29, 0.717) is 5.54 Å². The van der Waals surface area contributed by atoms with Crippen LogP contribution in [-0.4, -0.2) is 25.2 Å². The molecule has 0 rings (SSSR count). The number of likely N-dealkylation sites (N-methyl/N-ethyl adjacent to an activating group) is 2. The summed E-state index contributed by atoms with van der Waals surface area (Å²) in [7, 11) is 0. The van der Waals surface area contributed by atoms with Crippen molar-refractivity contribution < 1.29 is 0 Å². The molecule has 0 aliphatic heterocycles. The van der Waals surface area contributed by atoms with E-state index in [1.807, 2.05) is 0 Å². The minimum Gasteiger partial charge on any atom is -0.315 e. The van der Waals surface area contributed by atoms with Gasteiger partial charge in [0, 0.05) is 12.1 Å². The van der Waals surface area contributed by atoms with Gasteiger partial charge in [0.25, 0.3) is 0 Å². The van der Waals surface area contributed by atoms with Crippen molar-refractivity contribution in [3.8, 4) is 0 Å². The number of nitrogens with one attached hydrogen (secondary N) is 2. The Bertz CT molecular complexity index is 98.0. The third-order valence-electron chi connectivity index (χ3n) is 2.62. The highest BCUT2D eigenvalue weighted by molar-refractivity contribution is 4.86. The molecule has 0 unspecified atom stereocenters. The largest absolute Gasteiger partial charge is 0.315 e. The van der Waals surface area contributed by atoms with E-state index in [1.54, 1.807) is 0 Å². The molecule has 74 valence electrons. The summed E-state index contributed by atoms with van der Waals surface area (Å²) in [5, 5.41) is 6.98. The van der Waals surface area contributed by atoms with Gasteiger partial charge in [0.2, 0.25) is 0 Å². The Morgan fingerprint density at radius 1 is 0.917 bits per heavy atom. The lowest BCUT2D eigenvalue weighted by Crippen LogP contribution is -2.51. The van der Waals surface area contributed by atoms with Crippen molar-refractivity contribution in [2.45, 2.75) is 46.1 Å². The average Bonchev–Trinajstić information content (AvgIpc) is 2.13. The van der Waals surface area contributed by atoms with Crippen molar-refractivity contribution in [2.75, 3.05) is 19.6 Å². The lowest BCUT2D eigenvalue weighted by Gasteiger charge is -2.33. The van der Waals surface area contributed by atoms with Crippen molar-refractivity contribution in [1.82, 2.24) is 10.6 Å². The van der Waals surface area contributed by atoms with Crippen LogP contribution in [0.1, 0.15) is 40.5 Å². The number of rotatable bonds is 7. The molecule has 0 aromatic rings. The molecule has 0 spiro atoms. The van der Waals surface area contributed by atoms with Crippen LogP contribution in [-0.2, 0) is 0 Å². The van der Waals surface area contributed by atoms with Gasteiger partial charge >= 0.3 is 0 Å². The molecule has 2 nitrogen and oxygen atoms in total. The Morgan fingerprint density at radius 3 is 1.83 bits per heavy atom. The molecule has 0 heterocycles. The Balaban J connectivity index is 3.95. The first kappa shape index (κ1) is 11.9. The molecule has 12 heavy (non-hydrogen) atoms. The van der Waals surface area contributed by atoms with E-state index < -0.39 is 0 Å². The molecule has 0 atom stereocenters. The van der Waals surface area contributed by atoms with E-state index in [-0.39, 0.29) is 0 Å². The number of hydrogen-bond donors (Lipinski definition) is 2. The van der Waals surface area contributed by atoms with Crippen LogP contribution >= 0.6 is 0 Å². The molecule has 0 bridgehead atoms. The Hall–Kier alpha value is -0.0800. The van der Waals surface area contributed by atoms with Crippen LogP contribution in [0.2, 0.25) is 0 Å². The van der Waals surface area contributed by atoms with Crippen LogP contribution in [0.25, 0.3) is 0 Å². The second-order valence-electron chi connectivity index (χ2n) is 3.30. The van der Waals surface area contributed by atoms with E-state index in [2.05, 4.69) is 38.3 Å². The molecule has 0 saturated carbocycles.